The fraction of sp³-hybridized carbons (Fsp3) is 0.500. The lowest BCUT2D eigenvalue weighted by Crippen LogP contribution is -2.24. The van der Waals surface area contributed by atoms with Gasteiger partial charge in [0.2, 0.25) is 15.9 Å². The number of carbonyl (C=O) groups excluding carboxylic acids is 1. The number of hydrogen-bond donors (Lipinski definition) is 3. The van der Waals surface area contributed by atoms with Crippen LogP contribution in [0, 0.1) is 0 Å². The highest BCUT2D eigenvalue weighted by molar-refractivity contribution is 8.31. The minimum absolute atomic E-state index is 0.419. The summed E-state index contributed by atoms with van der Waals surface area (Å²) in [6, 6.07) is 0. The summed E-state index contributed by atoms with van der Waals surface area (Å²) in [5.41, 5.74) is 0. The second kappa shape index (κ2) is 8.08. The first-order valence-electron chi connectivity index (χ1n) is 4.43. The molecule has 0 radical (unpaired) electrons. The van der Waals surface area contributed by atoms with Gasteiger partial charge in [0.1, 0.15) is 0 Å². The van der Waals surface area contributed by atoms with Crippen molar-refractivity contribution in [3.63, 3.8) is 0 Å². The molecule has 0 saturated heterocycles. The predicted octanol–water partition coefficient (Wildman–Crippen LogP) is -0.982. The zero-order valence-corrected chi connectivity index (χ0v) is 12.1. The molecule has 108 valence electrons. The highest BCUT2D eigenvalue weighted by atomic mass is 32.3. The quantitative estimate of drug-likeness (QED) is 0.571. The van der Waals surface area contributed by atoms with Crippen LogP contribution in [0.25, 0.3) is 0 Å². The van der Waals surface area contributed by atoms with E-state index in [1.807, 2.05) is 4.13 Å². The summed E-state index contributed by atoms with van der Waals surface area (Å²) in [6.07, 6.45) is 5.35. The first kappa shape index (κ1) is 19.2. The molecule has 0 aliphatic rings. The first-order chi connectivity index (χ1) is 7.87. The lowest BCUT2D eigenvalue weighted by atomic mass is 10.5. The summed E-state index contributed by atoms with van der Waals surface area (Å²) in [6.45, 7) is 0. The van der Waals surface area contributed by atoms with Gasteiger partial charge in [-0.15, -0.1) is 0 Å². The number of likely N-dealkylation sites (N-methyl/N-ethyl adjacent to an activating group) is 1. The highest BCUT2D eigenvalue weighted by Crippen LogP contribution is 2.28. The Bertz CT molecular complexity index is 410. The molecule has 0 atom stereocenters. The minimum atomic E-state index is -3.31. The Morgan fingerprint density at radius 3 is 1.78 bits per heavy atom. The lowest BCUT2D eigenvalue weighted by Gasteiger charge is -2.37. The van der Waals surface area contributed by atoms with Crippen molar-refractivity contribution in [1.29, 1.82) is 0 Å². The Labute approximate surface area is 108 Å². The molecule has 0 aromatic carbocycles. The van der Waals surface area contributed by atoms with E-state index in [4.69, 9.17) is 5.11 Å². The van der Waals surface area contributed by atoms with Crippen LogP contribution in [0.4, 0.5) is 0 Å². The SMILES string of the molecule is CNC(=O)/C=C\C(=O)O.CS(C)([O-])NS(C)(=O)=O. The van der Waals surface area contributed by atoms with Crippen molar-refractivity contribution in [2.45, 2.75) is 0 Å². The molecule has 18 heavy (non-hydrogen) atoms. The summed E-state index contributed by atoms with van der Waals surface area (Å²) in [7, 11) is -4.25. The summed E-state index contributed by atoms with van der Waals surface area (Å²) in [5.74, 6) is -1.55. The zero-order valence-electron chi connectivity index (χ0n) is 10.5. The monoisotopic (exact) mass is 301 g/mol. The Kier molecular flexibility index (Phi) is 8.64. The Hall–Kier alpha value is -1.10. The van der Waals surface area contributed by atoms with Crippen LogP contribution in [0.2, 0.25) is 0 Å². The van der Waals surface area contributed by atoms with E-state index >= 15 is 0 Å². The van der Waals surface area contributed by atoms with Crippen LogP contribution in [-0.4, -0.2) is 55.8 Å². The number of carbonyl (C=O) groups is 2. The van der Waals surface area contributed by atoms with E-state index in [1.54, 1.807) is 0 Å². The molecule has 0 spiro atoms. The predicted molar refractivity (Wildman–Crippen MR) is 69.0 cm³/mol. The van der Waals surface area contributed by atoms with Gasteiger partial charge in [-0.25, -0.2) is 13.2 Å². The summed E-state index contributed by atoms with van der Waals surface area (Å²) >= 11 is 0. The molecule has 0 bridgehead atoms. The van der Waals surface area contributed by atoms with Gasteiger partial charge in [-0.1, -0.05) is 0 Å². The molecule has 3 N–H and O–H groups in total. The number of aliphatic carboxylic acids is 1. The van der Waals surface area contributed by atoms with Gasteiger partial charge in [0.15, 0.2) is 0 Å². The summed E-state index contributed by atoms with van der Waals surface area (Å²) in [4.78, 5) is 20.0. The van der Waals surface area contributed by atoms with Crippen LogP contribution >= 0.6 is 10.5 Å². The van der Waals surface area contributed by atoms with Crippen molar-refractivity contribution >= 4 is 32.4 Å². The molecule has 8 nitrogen and oxygen atoms in total. The molecule has 0 aromatic rings. The third-order valence-electron chi connectivity index (χ3n) is 0.976. The molecule has 1 amide bonds. The van der Waals surface area contributed by atoms with Crippen molar-refractivity contribution in [2.75, 3.05) is 25.8 Å². The number of carboxylic acid groups (broad SMARTS) is 1. The van der Waals surface area contributed by atoms with Crippen LogP contribution < -0.4 is 9.44 Å². The molecule has 0 aliphatic heterocycles. The second-order valence-electron chi connectivity index (χ2n) is 3.37. The fourth-order valence-corrected chi connectivity index (χ4v) is 3.51. The molecule has 0 saturated carbocycles. The highest BCUT2D eigenvalue weighted by Gasteiger charge is 2.03. The normalized spacial score (nSPS) is 12.5. The lowest BCUT2D eigenvalue weighted by molar-refractivity contribution is -0.131. The van der Waals surface area contributed by atoms with Crippen molar-refractivity contribution in [1.82, 2.24) is 9.44 Å². The average molecular weight is 301 g/mol. The summed E-state index contributed by atoms with van der Waals surface area (Å²) < 4.78 is 33.4. The number of rotatable bonds is 4. The third kappa shape index (κ3) is 20.3. The van der Waals surface area contributed by atoms with E-state index in [1.165, 1.54) is 19.6 Å². The van der Waals surface area contributed by atoms with Crippen LogP contribution in [-0.2, 0) is 19.6 Å². The van der Waals surface area contributed by atoms with Crippen molar-refractivity contribution < 1.29 is 27.7 Å². The van der Waals surface area contributed by atoms with Crippen LogP contribution in [0.1, 0.15) is 0 Å². The molecular formula is C8H17N2O6S2-. The summed E-state index contributed by atoms with van der Waals surface area (Å²) in [5, 5.41) is 10.2. The Balaban J connectivity index is 0. The number of hydrogen-bond acceptors (Lipinski definition) is 5. The van der Waals surface area contributed by atoms with Crippen molar-refractivity contribution in [2.24, 2.45) is 0 Å². The van der Waals surface area contributed by atoms with Gasteiger partial charge in [-0.3, -0.25) is 15.3 Å². The number of amides is 1. The van der Waals surface area contributed by atoms with Gasteiger partial charge in [-0.05, 0) is 12.5 Å². The molecule has 0 aromatic heterocycles. The van der Waals surface area contributed by atoms with E-state index < -0.39 is 32.4 Å². The standard InChI is InChI=1S/C5H7NO3.C3H11NO3S2/c1-6-4(7)2-3-5(8)9;1-8(2,5)4-9(3,6)7/h2-3H,1H3,(H,6,7)(H,8,9);4-5H,1-3H3/p-1/b3-2-;. The van der Waals surface area contributed by atoms with E-state index in [2.05, 4.69) is 5.32 Å². The van der Waals surface area contributed by atoms with E-state index in [0.717, 1.165) is 18.4 Å². The molecule has 0 fully saturated rings. The Morgan fingerprint density at radius 1 is 1.17 bits per heavy atom. The molecule has 0 aliphatic carbocycles. The number of nitrogens with one attached hydrogen (secondary N) is 2. The number of carboxylic acids is 1. The van der Waals surface area contributed by atoms with E-state index in [9.17, 15) is 22.6 Å². The van der Waals surface area contributed by atoms with Crippen molar-refractivity contribution in [3.8, 4) is 0 Å². The third-order valence-corrected chi connectivity index (χ3v) is 3.79. The molecule has 10 heteroatoms. The maximum absolute atomic E-state index is 10.7. The largest absolute Gasteiger partial charge is 0.801 e. The first-order valence-corrected chi connectivity index (χ1v) is 8.69. The van der Waals surface area contributed by atoms with Crippen LogP contribution in [0.3, 0.4) is 0 Å². The van der Waals surface area contributed by atoms with Gasteiger partial charge in [-0.2, -0.15) is 4.13 Å². The molecule has 0 unspecified atom stereocenters. The van der Waals surface area contributed by atoms with E-state index in [-0.39, 0.29) is 0 Å². The Morgan fingerprint density at radius 2 is 1.61 bits per heavy atom. The van der Waals surface area contributed by atoms with Crippen LogP contribution in [0.5, 0.6) is 0 Å². The van der Waals surface area contributed by atoms with Gasteiger partial charge in [0, 0.05) is 19.2 Å². The average Bonchev–Trinajstić information content (AvgIpc) is 2.09. The molecule has 0 rings (SSSR count). The van der Waals surface area contributed by atoms with Gasteiger partial charge in [0.25, 0.3) is 0 Å². The zero-order chi connectivity index (χ0) is 15.0. The van der Waals surface area contributed by atoms with Crippen molar-refractivity contribution in [3.05, 3.63) is 12.2 Å². The maximum Gasteiger partial charge on any atom is 0.328 e. The van der Waals surface area contributed by atoms with Gasteiger partial charge in [0.05, 0.1) is 6.26 Å². The minimum Gasteiger partial charge on any atom is -0.801 e. The van der Waals surface area contributed by atoms with Gasteiger partial charge < -0.3 is 15.0 Å². The van der Waals surface area contributed by atoms with E-state index in [0.29, 0.717) is 0 Å². The second-order valence-corrected chi connectivity index (χ2v) is 8.05. The molecule has 0 heterocycles. The fourth-order valence-electron chi connectivity index (χ4n) is 0.595. The smallest absolute Gasteiger partial charge is 0.328 e. The van der Waals surface area contributed by atoms with Crippen LogP contribution in [0.15, 0.2) is 12.2 Å². The maximum atomic E-state index is 10.7. The number of sulfonamides is 1. The molecular weight excluding hydrogens is 284 g/mol. The topological polar surface area (TPSA) is 136 Å². The van der Waals surface area contributed by atoms with Gasteiger partial charge >= 0.3 is 5.97 Å².